The van der Waals surface area contributed by atoms with E-state index in [4.69, 9.17) is 4.74 Å². The largest absolute Gasteiger partial charge is 0.395 e. The van der Waals surface area contributed by atoms with Crippen LogP contribution in [0.5, 0.6) is 0 Å². The molecule has 0 amide bonds. The molecule has 3 nitrogen and oxygen atoms in total. The van der Waals surface area contributed by atoms with Crippen LogP contribution in [-0.4, -0.2) is 36.7 Å². The highest BCUT2D eigenvalue weighted by Crippen LogP contribution is 2.41. The zero-order valence-electron chi connectivity index (χ0n) is 11.9. The Hall–Kier alpha value is -1.40. The number of rotatable bonds is 4. The maximum absolute atomic E-state index is 13.1. The highest BCUT2D eigenvalue weighted by molar-refractivity contribution is 5.56. The Morgan fingerprint density at radius 1 is 1.29 bits per heavy atom. The van der Waals surface area contributed by atoms with Crippen molar-refractivity contribution in [2.24, 2.45) is 5.41 Å². The maximum atomic E-state index is 13.1. The summed E-state index contributed by atoms with van der Waals surface area (Å²) in [7, 11) is 0. The van der Waals surface area contributed by atoms with Gasteiger partial charge in [-0.2, -0.15) is 13.2 Å². The van der Waals surface area contributed by atoms with Crippen molar-refractivity contribution in [3.8, 4) is 0 Å². The number of carbonyl (C=O) groups is 1. The van der Waals surface area contributed by atoms with Crippen molar-refractivity contribution < 1.29 is 22.7 Å². The highest BCUT2D eigenvalue weighted by atomic mass is 19.4. The lowest BCUT2D eigenvalue weighted by atomic mass is 9.90. The third-order valence-corrected chi connectivity index (χ3v) is 3.80. The van der Waals surface area contributed by atoms with Crippen molar-refractivity contribution in [3.05, 3.63) is 35.9 Å². The van der Waals surface area contributed by atoms with Gasteiger partial charge in [-0.15, -0.1) is 0 Å². The van der Waals surface area contributed by atoms with Crippen LogP contribution in [0.25, 0.3) is 0 Å². The molecule has 1 aliphatic rings. The SMILES string of the molecule is CC(C)(CN1C(C=O)OCC1c1ccccc1)C(F)(F)F. The molecular weight excluding hydrogens is 283 g/mol. The molecule has 0 aliphatic carbocycles. The molecule has 0 saturated carbocycles. The number of ether oxygens (including phenoxy) is 1. The van der Waals surface area contributed by atoms with Crippen molar-refractivity contribution >= 4 is 6.29 Å². The molecule has 0 bridgehead atoms. The second-order valence-corrected chi connectivity index (χ2v) is 5.84. The van der Waals surface area contributed by atoms with Crippen molar-refractivity contribution in [2.75, 3.05) is 13.2 Å². The number of benzene rings is 1. The molecule has 1 saturated heterocycles. The van der Waals surface area contributed by atoms with Crippen LogP contribution in [0.4, 0.5) is 13.2 Å². The molecule has 6 heteroatoms. The smallest absolute Gasteiger partial charge is 0.354 e. The van der Waals surface area contributed by atoms with E-state index in [1.807, 2.05) is 30.3 Å². The Balaban J connectivity index is 2.26. The summed E-state index contributed by atoms with van der Waals surface area (Å²) < 4.78 is 44.6. The molecule has 0 spiro atoms. The summed E-state index contributed by atoms with van der Waals surface area (Å²) >= 11 is 0. The summed E-state index contributed by atoms with van der Waals surface area (Å²) in [5.41, 5.74) is -1.07. The first-order valence-electron chi connectivity index (χ1n) is 6.70. The first-order chi connectivity index (χ1) is 9.76. The topological polar surface area (TPSA) is 29.5 Å². The van der Waals surface area contributed by atoms with Crippen LogP contribution < -0.4 is 0 Å². The summed E-state index contributed by atoms with van der Waals surface area (Å²) in [6, 6.07) is 8.78. The van der Waals surface area contributed by atoms with Gasteiger partial charge in [0.1, 0.15) is 0 Å². The summed E-state index contributed by atoms with van der Waals surface area (Å²) in [5.74, 6) is 0. The monoisotopic (exact) mass is 301 g/mol. The first-order valence-corrected chi connectivity index (χ1v) is 6.70. The van der Waals surface area contributed by atoms with Gasteiger partial charge in [0.25, 0.3) is 0 Å². The van der Waals surface area contributed by atoms with Gasteiger partial charge in [0.15, 0.2) is 12.5 Å². The van der Waals surface area contributed by atoms with Crippen molar-refractivity contribution in [2.45, 2.75) is 32.3 Å². The lowest BCUT2D eigenvalue weighted by molar-refractivity contribution is -0.220. The fourth-order valence-corrected chi connectivity index (χ4v) is 2.39. The summed E-state index contributed by atoms with van der Waals surface area (Å²) in [6.07, 6.45) is -4.73. The second kappa shape index (κ2) is 5.77. The molecule has 1 aromatic rings. The van der Waals surface area contributed by atoms with E-state index in [0.29, 0.717) is 6.29 Å². The van der Waals surface area contributed by atoms with Crippen LogP contribution in [0.1, 0.15) is 25.5 Å². The van der Waals surface area contributed by atoms with Gasteiger partial charge in [-0.05, 0) is 19.4 Å². The fourth-order valence-electron chi connectivity index (χ4n) is 2.39. The molecule has 1 aromatic carbocycles. The van der Waals surface area contributed by atoms with Crippen molar-refractivity contribution in [1.29, 1.82) is 0 Å². The molecule has 1 fully saturated rings. The number of hydrogen-bond acceptors (Lipinski definition) is 3. The van der Waals surface area contributed by atoms with Gasteiger partial charge < -0.3 is 4.74 Å². The van der Waals surface area contributed by atoms with E-state index in [2.05, 4.69) is 0 Å². The molecule has 2 atom stereocenters. The second-order valence-electron chi connectivity index (χ2n) is 5.84. The first kappa shape index (κ1) is 16.0. The highest BCUT2D eigenvalue weighted by Gasteiger charge is 2.50. The fraction of sp³-hybridized carbons (Fsp3) is 0.533. The Bertz CT molecular complexity index is 487. The molecule has 21 heavy (non-hydrogen) atoms. The van der Waals surface area contributed by atoms with Crippen molar-refractivity contribution in [3.63, 3.8) is 0 Å². The predicted molar refractivity (Wildman–Crippen MR) is 71.5 cm³/mol. The minimum Gasteiger partial charge on any atom is -0.354 e. The van der Waals surface area contributed by atoms with E-state index in [1.54, 1.807) is 0 Å². The summed E-state index contributed by atoms with van der Waals surface area (Å²) in [4.78, 5) is 12.6. The number of hydrogen-bond donors (Lipinski definition) is 0. The van der Waals surface area contributed by atoms with Gasteiger partial charge >= 0.3 is 6.18 Å². The number of aldehydes is 1. The number of halogens is 3. The van der Waals surface area contributed by atoms with Crippen LogP contribution in [0.15, 0.2) is 30.3 Å². The number of carbonyl (C=O) groups excluding carboxylic acids is 1. The van der Waals surface area contributed by atoms with E-state index in [9.17, 15) is 18.0 Å². The van der Waals surface area contributed by atoms with Crippen LogP contribution in [-0.2, 0) is 9.53 Å². The van der Waals surface area contributed by atoms with E-state index in [-0.39, 0.29) is 19.2 Å². The van der Waals surface area contributed by atoms with Gasteiger partial charge in [0.05, 0.1) is 18.1 Å². The van der Waals surface area contributed by atoms with Gasteiger partial charge in [0, 0.05) is 6.54 Å². The lowest BCUT2D eigenvalue weighted by Crippen LogP contribution is -2.46. The van der Waals surface area contributed by atoms with E-state index in [0.717, 1.165) is 19.4 Å². The average molecular weight is 301 g/mol. The van der Waals surface area contributed by atoms with Gasteiger partial charge in [0.2, 0.25) is 0 Å². The quantitative estimate of drug-likeness (QED) is 0.800. The Morgan fingerprint density at radius 2 is 1.90 bits per heavy atom. The molecule has 2 rings (SSSR count). The maximum Gasteiger partial charge on any atom is 0.395 e. The van der Waals surface area contributed by atoms with Crippen LogP contribution in [0, 0.1) is 5.41 Å². The molecule has 1 heterocycles. The standard InChI is InChI=1S/C15H18F3NO2/c1-14(2,15(16,17)18)10-19-12(9-21-13(19)8-20)11-6-4-3-5-7-11/h3-8,12-13H,9-10H2,1-2H3. The summed E-state index contributed by atoms with van der Waals surface area (Å²) in [6.45, 7) is 2.19. The molecule has 116 valence electrons. The molecule has 0 aromatic heterocycles. The normalized spacial score (nSPS) is 24.2. The molecule has 0 N–H and O–H groups in total. The average Bonchev–Trinajstić information content (AvgIpc) is 2.80. The zero-order chi connectivity index (χ0) is 15.7. The van der Waals surface area contributed by atoms with E-state index < -0.39 is 17.8 Å². The molecule has 1 aliphatic heterocycles. The zero-order valence-corrected chi connectivity index (χ0v) is 11.9. The molecular formula is C15H18F3NO2. The van der Waals surface area contributed by atoms with E-state index >= 15 is 0 Å². The lowest BCUT2D eigenvalue weighted by Gasteiger charge is -2.35. The Kier molecular flexibility index (Phi) is 4.39. The Labute approximate surface area is 121 Å². The molecule has 2 unspecified atom stereocenters. The van der Waals surface area contributed by atoms with Gasteiger partial charge in [-0.3, -0.25) is 9.69 Å². The minimum absolute atomic E-state index is 0.210. The summed E-state index contributed by atoms with van der Waals surface area (Å²) in [5, 5.41) is 0. The predicted octanol–water partition coefficient (Wildman–Crippen LogP) is 3.17. The van der Waals surface area contributed by atoms with Gasteiger partial charge in [-0.1, -0.05) is 30.3 Å². The molecule has 0 radical (unpaired) electrons. The van der Waals surface area contributed by atoms with Crippen LogP contribution in [0.2, 0.25) is 0 Å². The minimum atomic E-state index is -4.34. The van der Waals surface area contributed by atoms with Gasteiger partial charge in [-0.25, -0.2) is 0 Å². The third kappa shape index (κ3) is 3.27. The van der Waals surface area contributed by atoms with Crippen LogP contribution >= 0.6 is 0 Å². The third-order valence-electron chi connectivity index (χ3n) is 3.80. The van der Waals surface area contributed by atoms with Crippen molar-refractivity contribution in [1.82, 2.24) is 4.90 Å². The van der Waals surface area contributed by atoms with Crippen LogP contribution in [0.3, 0.4) is 0 Å². The number of nitrogens with zero attached hydrogens (tertiary/aromatic N) is 1. The Morgan fingerprint density at radius 3 is 2.43 bits per heavy atom. The van der Waals surface area contributed by atoms with E-state index in [1.165, 1.54) is 4.90 Å². The number of alkyl halides is 3.